The molecular weight excluding hydrogens is 252 g/mol. The number of thioether (sulfide) groups is 1. The van der Waals surface area contributed by atoms with E-state index in [0.717, 1.165) is 24.2 Å². The van der Waals surface area contributed by atoms with E-state index in [1.165, 1.54) is 23.9 Å². The third-order valence-corrected chi connectivity index (χ3v) is 5.39. The lowest BCUT2D eigenvalue weighted by Gasteiger charge is -2.16. The lowest BCUT2D eigenvalue weighted by atomic mass is 10.1. The summed E-state index contributed by atoms with van der Waals surface area (Å²) in [6, 6.07) is 10.6. The molecule has 2 aromatic rings. The summed E-state index contributed by atoms with van der Waals surface area (Å²) in [5.41, 5.74) is 3.50. The van der Waals surface area contributed by atoms with Gasteiger partial charge in [0.2, 0.25) is 0 Å². The predicted octanol–water partition coefficient (Wildman–Crippen LogP) is 4.10. The summed E-state index contributed by atoms with van der Waals surface area (Å²) in [6.45, 7) is 3.22. The number of aromatic nitrogens is 1. The van der Waals surface area contributed by atoms with E-state index in [9.17, 15) is 0 Å². The van der Waals surface area contributed by atoms with Gasteiger partial charge in [-0.05, 0) is 37.7 Å². The van der Waals surface area contributed by atoms with Crippen molar-refractivity contribution in [1.29, 1.82) is 0 Å². The Morgan fingerprint density at radius 1 is 1.32 bits per heavy atom. The summed E-state index contributed by atoms with van der Waals surface area (Å²) in [6.07, 6.45) is 5.87. The molecule has 0 saturated heterocycles. The molecule has 1 aliphatic rings. The molecule has 0 bridgehead atoms. The fraction of sp³-hybridized carbons (Fsp3) is 0.438. The maximum absolute atomic E-state index is 4.69. The highest BCUT2D eigenvalue weighted by molar-refractivity contribution is 8.00. The first-order valence-corrected chi connectivity index (χ1v) is 8.16. The molecule has 3 heteroatoms. The van der Waals surface area contributed by atoms with Crippen LogP contribution in [0.4, 0.5) is 5.69 Å². The second-order valence-corrected chi connectivity index (χ2v) is 6.55. The summed E-state index contributed by atoms with van der Waals surface area (Å²) < 4.78 is 0.483. The molecule has 1 aromatic heterocycles. The van der Waals surface area contributed by atoms with Gasteiger partial charge < -0.3 is 5.32 Å². The van der Waals surface area contributed by atoms with E-state index in [-0.39, 0.29) is 0 Å². The summed E-state index contributed by atoms with van der Waals surface area (Å²) in [4.78, 5) is 4.69. The highest BCUT2D eigenvalue weighted by atomic mass is 32.2. The summed E-state index contributed by atoms with van der Waals surface area (Å²) in [5.74, 6) is 0. The molecule has 0 amide bonds. The SMILES string of the molecule is CCc1cc(NCC2(SC)CC2)c2ccccc2n1. The van der Waals surface area contributed by atoms with Crippen LogP contribution in [-0.2, 0) is 6.42 Å². The molecule has 2 nitrogen and oxygen atoms in total. The fourth-order valence-corrected chi connectivity index (χ4v) is 3.13. The Kier molecular flexibility index (Phi) is 3.40. The van der Waals surface area contributed by atoms with Crippen molar-refractivity contribution in [3.63, 3.8) is 0 Å². The van der Waals surface area contributed by atoms with Gasteiger partial charge in [-0.25, -0.2) is 0 Å². The maximum Gasteiger partial charge on any atom is 0.0726 e. The normalized spacial score (nSPS) is 16.5. The molecule has 3 rings (SSSR count). The number of aryl methyl sites for hydroxylation is 1. The van der Waals surface area contributed by atoms with Gasteiger partial charge in [-0.1, -0.05) is 25.1 Å². The first-order valence-electron chi connectivity index (χ1n) is 6.94. The van der Waals surface area contributed by atoms with E-state index in [2.05, 4.69) is 53.8 Å². The van der Waals surface area contributed by atoms with Crippen molar-refractivity contribution in [1.82, 2.24) is 4.98 Å². The van der Waals surface area contributed by atoms with Gasteiger partial charge in [0.25, 0.3) is 0 Å². The summed E-state index contributed by atoms with van der Waals surface area (Å²) >= 11 is 1.99. The minimum Gasteiger partial charge on any atom is -0.383 e. The molecule has 1 fully saturated rings. The van der Waals surface area contributed by atoms with Crippen LogP contribution < -0.4 is 5.32 Å². The van der Waals surface area contributed by atoms with Crippen LogP contribution in [0.25, 0.3) is 10.9 Å². The van der Waals surface area contributed by atoms with Crippen molar-refractivity contribution in [2.24, 2.45) is 0 Å². The number of nitrogens with zero attached hydrogens (tertiary/aromatic N) is 1. The number of para-hydroxylation sites is 1. The molecule has 100 valence electrons. The lowest BCUT2D eigenvalue weighted by Crippen LogP contribution is -2.17. The summed E-state index contributed by atoms with van der Waals surface area (Å²) in [7, 11) is 0. The number of fused-ring (bicyclic) bond motifs is 1. The zero-order valence-electron chi connectivity index (χ0n) is 11.6. The van der Waals surface area contributed by atoms with E-state index in [1.807, 2.05) is 11.8 Å². The van der Waals surface area contributed by atoms with Crippen LogP contribution in [0.15, 0.2) is 30.3 Å². The zero-order chi connectivity index (χ0) is 13.3. The van der Waals surface area contributed by atoms with Gasteiger partial charge in [0.1, 0.15) is 0 Å². The van der Waals surface area contributed by atoms with E-state index < -0.39 is 0 Å². The average molecular weight is 272 g/mol. The van der Waals surface area contributed by atoms with Crippen LogP contribution in [0.5, 0.6) is 0 Å². The molecule has 1 saturated carbocycles. The number of pyridine rings is 1. The molecule has 1 aromatic carbocycles. The fourth-order valence-electron chi connectivity index (χ4n) is 2.41. The molecule has 19 heavy (non-hydrogen) atoms. The van der Waals surface area contributed by atoms with Crippen molar-refractivity contribution < 1.29 is 0 Å². The van der Waals surface area contributed by atoms with E-state index >= 15 is 0 Å². The molecule has 0 atom stereocenters. The van der Waals surface area contributed by atoms with Gasteiger partial charge in [0.05, 0.1) is 5.52 Å². The van der Waals surface area contributed by atoms with Crippen LogP contribution in [0.3, 0.4) is 0 Å². The topological polar surface area (TPSA) is 24.9 Å². The van der Waals surface area contributed by atoms with Gasteiger partial charge in [-0.2, -0.15) is 11.8 Å². The van der Waals surface area contributed by atoms with Crippen molar-refractivity contribution in [3.8, 4) is 0 Å². The van der Waals surface area contributed by atoms with E-state index in [1.54, 1.807) is 0 Å². The number of hydrogen-bond donors (Lipinski definition) is 1. The minimum absolute atomic E-state index is 0.483. The van der Waals surface area contributed by atoms with Gasteiger partial charge in [-0.3, -0.25) is 4.98 Å². The Balaban J connectivity index is 1.92. The highest BCUT2D eigenvalue weighted by Crippen LogP contribution is 2.47. The third-order valence-electron chi connectivity index (χ3n) is 3.97. The molecule has 1 N–H and O–H groups in total. The molecule has 1 aliphatic carbocycles. The summed E-state index contributed by atoms with van der Waals surface area (Å²) in [5, 5.41) is 4.89. The molecule has 0 unspecified atom stereocenters. The number of rotatable bonds is 5. The van der Waals surface area contributed by atoms with Crippen LogP contribution >= 0.6 is 11.8 Å². The van der Waals surface area contributed by atoms with Crippen molar-refractivity contribution >= 4 is 28.4 Å². The Bertz CT molecular complexity index is 590. The third kappa shape index (κ3) is 2.57. The first-order chi connectivity index (χ1) is 9.26. The van der Waals surface area contributed by atoms with Crippen LogP contribution in [0.2, 0.25) is 0 Å². The molecule has 0 spiro atoms. The zero-order valence-corrected chi connectivity index (χ0v) is 12.4. The van der Waals surface area contributed by atoms with E-state index in [4.69, 9.17) is 0 Å². The van der Waals surface area contributed by atoms with Gasteiger partial charge in [-0.15, -0.1) is 0 Å². The highest BCUT2D eigenvalue weighted by Gasteiger charge is 2.41. The second-order valence-electron chi connectivity index (χ2n) is 5.27. The van der Waals surface area contributed by atoms with Gasteiger partial charge >= 0.3 is 0 Å². The second kappa shape index (κ2) is 5.04. The Labute approximate surface area is 119 Å². The van der Waals surface area contributed by atoms with Crippen LogP contribution in [0, 0.1) is 0 Å². The smallest absolute Gasteiger partial charge is 0.0726 e. The number of anilines is 1. The standard InChI is InChI=1S/C16H20N2S/c1-3-12-10-15(17-11-16(19-2)8-9-16)13-6-4-5-7-14(13)18-12/h4-7,10H,3,8-9,11H2,1-2H3,(H,17,18). The van der Waals surface area contributed by atoms with Crippen molar-refractivity contribution in [2.75, 3.05) is 18.1 Å². The number of benzene rings is 1. The lowest BCUT2D eigenvalue weighted by molar-refractivity contribution is 0.948. The van der Waals surface area contributed by atoms with Gasteiger partial charge in [0.15, 0.2) is 0 Å². The monoisotopic (exact) mass is 272 g/mol. The molecular formula is C16H20N2S. The molecule has 0 radical (unpaired) electrons. The predicted molar refractivity (Wildman–Crippen MR) is 85.1 cm³/mol. The largest absolute Gasteiger partial charge is 0.383 e. The Hall–Kier alpha value is -1.22. The minimum atomic E-state index is 0.483. The van der Waals surface area contributed by atoms with E-state index in [0.29, 0.717) is 4.75 Å². The van der Waals surface area contributed by atoms with Crippen molar-refractivity contribution in [3.05, 3.63) is 36.0 Å². The first kappa shape index (κ1) is 12.8. The van der Waals surface area contributed by atoms with Crippen LogP contribution in [0.1, 0.15) is 25.5 Å². The molecule has 0 aliphatic heterocycles. The van der Waals surface area contributed by atoms with Gasteiger partial charge in [0, 0.05) is 28.1 Å². The number of nitrogens with one attached hydrogen (secondary N) is 1. The average Bonchev–Trinajstić information content (AvgIpc) is 3.25. The Morgan fingerprint density at radius 2 is 2.11 bits per heavy atom. The maximum atomic E-state index is 4.69. The Morgan fingerprint density at radius 3 is 2.79 bits per heavy atom. The number of hydrogen-bond acceptors (Lipinski definition) is 3. The quantitative estimate of drug-likeness (QED) is 0.887. The molecule has 1 heterocycles. The van der Waals surface area contributed by atoms with Crippen molar-refractivity contribution in [2.45, 2.75) is 30.9 Å². The van der Waals surface area contributed by atoms with Crippen LogP contribution in [-0.4, -0.2) is 22.5 Å².